The van der Waals surface area contributed by atoms with Gasteiger partial charge < -0.3 is 10.6 Å². The standard InChI is InChI=1S/C16H26N4/c1-10-14(17)15(19(2)3)20(18-10)16-7-11-4-12(8-16)6-13(5-11)9-16/h11-13H,4-9,17H2,1-3H3. The molecule has 20 heavy (non-hydrogen) atoms. The number of nitrogens with two attached hydrogens (primary N) is 1. The van der Waals surface area contributed by atoms with E-state index in [1.54, 1.807) is 0 Å². The lowest BCUT2D eigenvalue weighted by atomic mass is 9.53. The number of aryl methyl sites for hydroxylation is 1. The Morgan fingerprint density at radius 3 is 2.05 bits per heavy atom. The summed E-state index contributed by atoms with van der Waals surface area (Å²) in [6.45, 7) is 2.04. The quantitative estimate of drug-likeness (QED) is 0.902. The molecule has 1 heterocycles. The molecule has 110 valence electrons. The minimum atomic E-state index is 0.261. The summed E-state index contributed by atoms with van der Waals surface area (Å²) in [6, 6.07) is 0. The Kier molecular flexibility index (Phi) is 2.46. The molecular weight excluding hydrogens is 248 g/mol. The van der Waals surface area contributed by atoms with Crippen LogP contribution in [0.15, 0.2) is 0 Å². The Balaban J connectivity index is 1.83. The molecule has 2 N–H and O–H groups in total. The summed E-state index contributed by atoms with van der Waals surface area (Å²) >= 11 is 0. The van der Waals surface area contributed by atoms with Crippen molar-refractivity contribution >= 4 is 11.5 Å². The van der Waals surface area contributed by atoms with Crippen molar-refractivity contribution in [3.05, 3.63) is 5.69 Å². The second-order valence-electron chi connectivity index (χ2n) is 7.77. The zero-order valence-electron chi connectivity index (χ0n) is 12.9. The molecule has 0 spiro atoms. The molecular formula is C16H26N4. The van der Waals surface area contributed by atoms with Gasteiger partial charge in [0.15, 0.2) is 5.82 Å². The monoisotopic (exact) mass is 274 g/mol. The van der Waals surface area contributed by atoms with Crippen LogP contribution in [0.25, 0.3) is 0 Å². The molecule has 0 atom stereocenters. The van der Waals surface area contributed by atoms with Crippen LogP contribution >= 0.6 is 0 Å². The van der Waals surface area contributed by atoms with E-state index in [0.29, 0.717) is 0 Å². The predicted octanol–water partition coefficient (Wildman–Crippen LogP) is 2.77. The highest BCUT2D eigenvalue weighted by Crippen LogP contribution is 2.59. The second kappa shape index (κ2) is 3.92. The van der Waals surface area contributed by atoms with Gasteiger partial charge in [-0.1, -0.05) is 0 Å². The fraction of sp³-hybridized carbons (Fsp3) is 0.812. The summed E-state index contributed by atoms with van der Waals surface area (Å²) in [5, 5.41) is 4.87. The van der Waals surface area contributed by atoms with Crippen molar-refractivity contribution in [3.63, 3.8) is 0 Å². The number of nitrogen functional groups attached to an aromatic ring is 1. The zero-order chi connectivity index (χ0) is 14.1. The maximum atomic E-state index is 6.30. The summed E-state index contributed by atoms with van der Waals surface area (Å²) in [7, 11) is 4.17. The van der Waals surface area contributed by atoms with Gasteiger partial charge in [-0.05, 0) is 63.2 Å². The molecule has 4 bridgehead atoms. The fourth-order valence-electron chi connectivity index (χ4n) is 5.61. The van der Waals surface area contributed by atoms with E-state index in [-0.39, 0.29) is 5.54 Å². The minimum Gasteiger partial charge on any atom is -0.394 e. The minimum absolute atomic E-state index is 0.261. The van der Waals surface area contributed by atoms with Crippen LogP contribution in [-0.4, -0.2) is 23.9 Å². The van der Waals surface area contributed by atoms with Gasteiger partial charge in [0, 0.05) is 14.1 Å². The highest BCUT2D eigenvalue weighted by molar-refractivity contribution is 5.66. The van der Waals surface area contributed by atoms with E-state index in [2.05, 4.69) is 23.7 Å². The van der Waals surface area contributed by atoms with Gasteiger partial charge in [0.2, 0.25) is 0 Å². The Morgan fingerprint density at radius 2 is 1.60 bits per heavy atom. The predicted molar refractivity (Wildman–Crippen MR) is 81.8 cm³/mol. The highest BCUT2D eigenvalue weighted by Gasteiger charge is 2.53. The molecule has 1 aromatic rings. The molecule has 1 aromatic heterocycles. The van der Waals surface area contributed by atoms with Crippen LogP contribution in [0.5, 0.6) is 0 Å². The summed E-state index contributed by atoms with van der Waals surface area (Å²) in [5.41, 5.74) is 8.42. The van der Waals surface area contributed by atoms with Crippen molar-refractivity contribution in [2.45, 2.75) is 51.0 Å². The van der Waals surface area contributed by atoms with Gasteiger partial charge in [0.05, 0.1) is 16.9 Å². The highest BCUT2D eigenvalue weighted by atomic mass is 15.4. The van der Waals surface area contributed by atoms with Gasteiger partial charge in [-0.15, -0.1) is 0 Å². The number of hydrogen-bond donors (Lipinski definition) is 1. The van der Waals surface area contributed by atoms with Crippen LogP contribution in [0.2, 0.25) is 0 Å². The van der Waals surface area contributed by atoms with E-state index >= 15 is 0 Å². The number of rotatable bonds is 2. The van der Waals surface area contributed by atoms with Gasteiger partial charge in [0.1, 0.15) is 0 Å². The third-order valence-electron chi connectivity index (χ3n) is 5.96. The van der Waals surface area contributed by atoms with Gasteiger partial charge in [0.25, 0.3) is 0 Å². The molecule has 4 aliphatic rings. The largest absolute Gasteiger partial charge is 0.394 e. The first-order valence-electron chi connectivity index (χ1n) is 8.01. The molecule has 4 saturated carbocycles. The third kappa shape index (κ3) is 1.57. The van der Waals surface area contributed by atoms with Crippen LogP contribution in [0, 0.1) is 24.7 Å². The van der Waals surface area contributed by atoms with Crippen molar-refractivity contribution in [3.8, 4) is 0 Å². The van der Waals surface area contributed by atoms with E-state index in [0.717, 1.165) is 35.0 Å². The number of nitrogens with zero attached hydrogens (tertiary/aromatic N) is 3. The average Bonchev–Trinajstić information content (AvgIpc) is 2.65. The smallest absolute Gasteiger partial charge is 0.150 e. The normalized spacial score (nSPS) is 38.5. The van der Waals surface area contributed by atoms with Gasteiger partial charge in [-0.25, -0.2) is 4.68 Å². The van der Waals surface area contributed by atoms with Crippen LogP contribution < -0.4 is 10.6 Å². The molecule has 0 unspecified atom stereocenters. The molecule has 4 aliphatic carbocycles. The van der Waals surface area contributed by atoms with Crippen LogP contribution in [0.3, 0.4) is 0 Å². The first-order chi connectivity index (χ1) is 9.48. The molecule has 4 nitrogen and oxygen atoms in total. The van der Waals surface area contributed by atoms with Gasteiger partial charge in [-0.2, -0.15) is 5.10 Å². The Bertz CT molecular complexity index is 508. The number of aromatic nitrogens is 2. The number of anilines is 2. The Labute approximate surface area is 121 Å². The molecule has 0 aliphatic heterocycles. The van der Waals surface area contributed by atoms with Gasteiger partial charge in [-0.3, -0.25) is 0 Å². The van der Waals surface area contributed by atoms with Crippen LogP contribution in [-0.2, 0) is 5.54 Å². The van der Waals surface area contributed by atoms with E-state index in [1.165, 1.54) is 38.5 Å². The van der Waals surface area contributed by atoms with Crippen molar-refractivity contribution in [1.29, 1.82) is 0 Å². The number of hydrogen-bond acceptors (Lipinski definition) is 3. The molecule has 4 heteroatoms. The first kappa shape index (κ1) is 12.5. The van der Waals surface area contributed by atoms with E-state index in [9.17, 15) is 0 Å². The summed E-state index contributed by atoms with van der Waals surface area (Å²) in [4.78, 5) is 2.15. The van der Waals surface area contributed by atoms with Crippen molar-refractivity contribution < 1.29 is 0 Å². The fourth-order valence-corrected chi connectivity index (χ4v) is 5.61. The van der Waals surface area contributed by atoms with Crippen molar-refractivity contribution in [1.82, 2.24) is 9.78 Å². The SMILES string of the molecule is Cc1nn(C23CC4CC(CC(C4)C2)C3)c(N(C)C)c1N. The van der Waals surface area contributed by atoms with Crippen molar-refractivity contribution in [2.75, 3.05) is 24.7 Å². The Morgan fingerprint density at radius 1 is 1.10 bits per heavy atom. The lowest BCUT2D eigenvalue weighted by Crippen LogP contribution is -2.52. The molecule has 4 fully saturated rings. The lowest BCUT2D eigenvalue weighted by molar-refractivity contribution is -0.0486. The molecule has 0 saturated heterocycles. The summed E-state index contributed by atoms with van der Waals surface area (Å²) in [5.74, 6) is 3.93. The van der Waals surface area contributed by atoms with Crippen LogP contribution in [0.4, 0.5) is 11.5 Å². The summed E-state index contributed by atoms with van der Waals surface area (Å²) < 4.78 is 2.32. The zero-order valence-corrected chi connectivity index (χ0v) is 12.9. The maximum Gasteiger partial charge on any atom is 0.150 e. The molecule has 0 radical (unpaired) electrons. The molecule has 0 amide bonds. The van der Waals surface area contributed by atoms with E-state index in [4.69, 9.17) is 10.8 Å². The van der Waals surface area contributed by atoms with Crippen molar-refractivity contribution in [2.24, 2.45) is 17.8 Å². The third-order valence-corrected chi connectivity index (χ3v) is 5.96. The second-order valence-corrected chi connectivity index (χ2v) is 7.77. The maximum absolute atomic E-state index is 6.30. The Hall–Kier alpha value is -1.19. The van der Waals surface area contributed by atoms with Crippen LogP contribution in [0.1, 0.15) is 44.2 Å². The average molecular weight is 274 g/mol. The molecule has 5 rings (SSSR count). The first-order valence-corrected chi connectivity index (χ1v) is 8.01. The van der Waals surface area contributed by atoms with E-state index in [1.807, 2.05) is 6.92 Å². The lowest BCUT2D eigenvalue weighted by Gasteiger charge is -2.57. The summed E-state index contributed by atoms with van der Waals surface area (Å²) in [6.07, 6.45) is 8.35. The topological polar surface area (TPSA) is 47.1 Å². The van der Waals surface area contributed by atoms with E-state index < -0.39 is 0 Å². The van der Waals surface area contributed by atoms with Gasteiger partial charge >= 0.3 is 0 Å². The molecule has 0 aromatic carbocycles.